The van der Waals surface area contributed by atoms with Crippen molar-refractivity contribution in [1.29, 1.82) is 0 Å². The lowest BCUT2D eigenvalue weighted by Gasteiger charge is -2.08. The van der Waals surface area contributed by atoms with E-state index in [9.17, 15) is 14.4 Å². The lowest BCUT2D eigenvalue weighted by Crippen LogP contribution is -2.42. The van der Waals surface area contributed by atoms with Crippen LogP contribution >= 0.6 is 11.6 Å². The smallest absolute Gasteiger partial charge is 0.333 e. The summed E-state index contributed by atoms with van der Waals surface area (Å²) < 4.78 is 8.83. The minimum Gasteiger partial charge on any atom is -0.465 e. The summed E-state index contributed by atoms with van der Waals surface area (Å²) in [5.74, 6) is -0.374. The van der Waals surface area contributed by atoms with E-state index >= 15 is 0 Å². The third-order valence-corrected chi connectivity index (χ3v) is 4.78. The van der Waals surface area contributed by atoms with E-state index in [4.69, 9.17) is 16.3 Å². The minimum atomic E-state index is -0.884. The summed E-state index contributed by atoms with van der Waals surface area (Å²) in [4.78, 5) is 37.2. The van der Waals surface area contributed by atoms with Crippen LogP contribution in [0.25, 0.3) is 16.8 Å². The standard InChI is InChI=1S/C20H17ClN4O4/c1-2-29-17(26)12-24-18(27)19(28)25-16-6-4-3-5-15(16)23(20(25)22-24)11-13-7-9-14(21)10-8-13/h3-10H,2,11-12H2,1H3. The number of carbonyl (C=O) groups is 1. The number of carbonyl (C=O) groups excluding carboxylic acids is 1. The SMILES string of the molecule is CCOC(=O)Cn1nc2n(Cc3ccc(Cl)cc3)c3ccccc3n2c(=O)c1=O. The summed E-state index contributed by atoms with van der Waals surface area (Å²) in [6, 6.07) is 14.5. The number of para-hydroxylation sites is 2. The molecule has 0 fully saturated rings. The van der Waals surface area contributed by atoms with E-state index in [1.54, 1.807) is 31.2 Å². The van der Waals surface area contributed by atoms with Gasteiger partial charge in [0.25, 0.3) is 0 Å². The fourth-order valence-electron chi connectivity index (χ4n) is 3.24. The molecule has 148 valence electrons. The summed E-state index contributed by atoms with van der Waals surface area (Å²) in [5, 5.41) is 4.93. The lowest BCUT2D eigenvalue weighted by molar-refractivity contribution is -0.144. The first-order chi connectivity index (χ1) is 14.0. The predicted octanol–water partition coefficient (Wildman–Crippen LogP) is 2.08. The molecule has 0 bridgehead atoms. The van der Waals surface area contributed by atoms with Gasteiger partial charge in [0.2, 0.25) is 5.78 Å². The van der Waals surface area contributed by atoms with Crippen molar-refractivity contribution in [2.75, 3.05) is 6.61 Å². The number of imidazole rings is 1. The zero-order valence-electron chi connectivity index (χ0n) is 15.5. The maximum Gasteiger partial charge on any atom is 0.333 e. The summed E-state index contributed by atoms with van der Waals surface area (Å²) in [6.07, 6.45) is 0. The molecule has 0 spiro atoms. The Morgan fingerprint density at radius 3 is 2.41 bits per heavy atom. The topological polar surface area (TPSA) is 87.6 Å². The number of rotatable bonds is 5. The molecule has 2 heterocycles. The molecule has 2 aromatic carbocycles. The van der Waals surface area contributed by atoms with Gasteiger partial charge in [0, 0.05) is 5.02 Å². The van der Waals surface area contributed by atoms with Crippen LogP contribution in [0.15, 0.2) is 58.1 Å². The van der Waals surface area contributed by atoms with Crippen molar-refractivity contribution in [3.05, 3.63) is 79.8 Å². The van der Waals surface area contributed by atoms with E-state index in [0.29, 0.717) is 17.1 Å². The first-order valence-electron chi connectivity index (χ1n) is 9.00. The highest BCUT2D eigenvalue weighted by atomic mass is 35.5. The number of ether oxygens (including phenoxy) is 1. The molecule has 8 nitrogen and oxygen atoms in total. The highest BCUT2D eigenvalue weighted by Crippen LogP contribution is 2.20. The fourth-order valence-corrected chi connectivity index (χ4v) is 3.37. The Hall–Kier alpha value is -3.39. The van der Waals surface area contributed by atoms with Crippen molar-refractivity contribution in [3.8, 4) is 0 Å². The van der Waals surface area contributed by atoms with Crippen molar-refractivity contribution in [3.63, 3.8) is 0 Å². The second kappa shape index (κ2) is 7.56. The molecular formula is C20H17ClN4O4. The van der Waals surface area contributed by atoms with Gasteiger partial charge in [-0.05, 0) is 36.8 Å². The molecule has 4 rings (SSSR count). The van der Waals surface area contributed by atoms with Gasteiger partial charge in [0.1, 0.15) is 6.54 Å². The van der Waals surface area contributed by atoms with Gasteiger partial charge in [-0.15, -0.1) is 5.10 Å². The van der Waals surface area contributed by atoms with E-state index in [0.717, 1.165) is 15.8 Å². The molecule has 0 unspecified atom stereocenters. The Morgan fingerprint density at radius 1 is 1.03 bits per heavy atom. The average Bonchev–Trinajstić information content (AvgIpc) is 3.01. The summed E-state index contributed by atoms with van der Waals surface area (Å²) in [5.41, 5.74) is 0.583. The zero-order valence-corrected chi connectivity index (χ0v) is 16.3. The van der Waals surface area contributed by atoms with E-state index in [1.165, 1.54) is 4.40 Å². The number of nitrogens with zero attached hydrogens (tertiary/aromatic N) is 4. The summed E-state index contributed by atoms with van der Waals surface area (Å²) >= 11 is 5.97. The first-order valence-corrected chi connectivity index (χ1v) is 9.38. The van der Waals surface area contributed by atoms with Gasteiger partial charge in [-0.25, -0.2) is 9.08 Å². The van der Waals surface area contributed by atoms with Crippen LogP contribution in [0.4, 0.5) is 0 Å². The second-order valence-corrected chi connectivity index (χ2v) is 6.85. The van der Waals surface area contributed by atoms with Gasteiger partial charge in [-0.1, -0.05) is 35.9 Å². The van der Waals surface area contributed by atoms with Crippen LogP contribution in [-0.2, 0) is 22.6 Å². The third-order valence-electron chi connectivity index (χ3n) is 4.52. The molecule has 0 atom stereocenters. The first kappa shape index (κ1) is 18.9. The van der Waals surface area contributed by atoms with Crippen molar-refractivity contribution in [1.82, 2.24) is 18.7 Å². The Kier molecular flexibility index (Phi) is 4.94. The van der Waals surface area contributed by atoms with Gasteiger partial charge < -0.3 is 9.30 Å². The molecule has 0 aliphatic heterocycles. The summed E-state index contributed by atoms with van der Waals surface area (Å²) in [6.45, 7) is 1.81. The Labute approximate surface area is 169 Å². The van der Waals surface area contributed by atoms with Crippen LogP contribution in [0, 0.1) is 0 Å². The number of benzene rings is 2. The second-order valence-electron chi connectivity index (χ2n) is 6.41. The van der Waals surface area contributed by atoms with Crippen LogP contribution in [0.5, 0.6) is 0 Å². The quantitative estimate of drug-likeness (QED) is 0.370. The number of aromatic nitrogens is 4. The lowest BCUT2D eigenvalue weighted by atomic mass is 10.2. The van der Waals surface area contributed by atoms with E-state index < -0.39 is 23.6 Å². The fraction of sp³-hybridized carbons (Fsp3) is 0.200. The predicted molar refractivity (Wildman–Crippen MR) is 108 cm³/mol. The molecule has 2 aromatic heterocycles. The molecule has 4 aromatic rings. The molecule has 0 N–H and O–H groups in total. The Balaban J connectivity index is 1.96. The van der Waals surface area contributed by atoms with Gasteiger partial charge in [0.15, 0.2) is 0 Å². The van der Waals surface area contributed by atoms with Crippen molar-refractivity contribution < 1.29 is 9.53 Å². The van der Waals surface area contributed by atoms with E-state index in [1.807, 2.05) is 28.8 Å². The monoisotopic (exact) mass is 412 g/mol. The van der Waals surface area contributed by atoms with Crippen LogP contribution in [-0.4, -0.2) is 31.3 Å². The van der Waals surface area contributed by atoms with Crippen LogP contribution in [0.3, 0.4) is 0 Å². The molecule has 0 aliphatic rings. The molecule has 9 heteroatoms. The number of halogens is 1. The maximum atomic E-state index is 12.8. The Bertz CT molecular complexity index is 1340. The van der Waals surface area contributed by atoms with Crippen molar-refractivity contribution >= 4 is 34.4 Å². The van der Waals surface area contributed by atoms with Gasteiger partial charge in [0.05, 0.1) is 24.2 Å². The van der Waals surface area contributed by atoms with Crippen molar-refractivity contribution in [2.24, 2.45) is 0 Å². The third kappa shape index (κ3) is 3.42. The highest BCUT2D eigenvalue weighted by Gasteiger charge is 2.18. The average molecular weight is 413 g/mol. The molecule has 0 aliphatic carbocycles. The van der Waals surface area contributed by atoms with Gasteiger partial charge >= 0.3 is 17.1 Å². The molecule has 0 saturated heterocycles. The number of hydrogen-bond donors (Lipinski definition) is 0. The number of fused-ring (bicyclic) bond motifs is 3. The van der Waals surface area contributed by atoms with Gasteiger partial charge in [-0.2, -0.15) is 0 Å². The minimum absolute atomic E-state index is 0.172. The largest absolute Gasteiger partial charge is 0.465 e. The van der Waals surface area contributed by atoms with Crippen LogP contribution < -0.4 is 11.1 Å². The molecule has 0 saturated carbocycles. The number of esters is 1. The zero-order chi connectivity index (χ0) is 20.5. The molecular weight excluding hydrogens is 396 g/mol. The van der Waals surface area contributed by atoms with Gasteiger partial charge in [-0.3, -0.25) is 14.4 Å². The molecule has 0 radical (unpaired) electrons. The van der Waals surface area contributed by atoms with E-state index in [2.05, 4.69) is 5.10 Å². The Morgan fingerprint density at radius 2 is 1.72 bits per heavy atom. The van der Waals surface area contributed by atoms with Crippen LogP contribution in [0.2, 0.25) is 5.02 Å². The molecule has 29 heavy (non-hydrogen) atoms. The molecule has 0 amide bonds. The normalized spacial score (nSPS) is 11.2. The maximum absolute atomic E-state index is 12.8. The van der Waals surface area contributed by atoms with Crippen molar-refractivity contribution in [2.45, 2.75) is 20.0 Å². The number of hydrogen-bond acceptors (Lipinski definition) is 5. The van der Waals surface area contributed by atoms with E-state index in [-0.39, 0.29) is 12.4 Å². The van der Waals surface area contributed by atoms with Crippen LogP contribution in [0.1, 0.15) is 12.5 Å². The highest BCUT2D eigenvalue weighted by molar-refractivity contribution is 6.30. The summed E-state index contributed by atoms with van der Waals surface area (Å²) in [7, 11) is 0.